The molecule has 2 fully saturated rings. The molecular weight excluding hydrogens is 716 g/mol. The summed E-state index contributed by atoms with van der Waals surface area (Å²) in [5.74, 6) is -3.60. The van der Waals surface area contributed by atoms with Gasteiger partial charge in [0, 0.05) is 35.1 Å². The van der Waals surface area contributed by atoms with E-state index in [1.54, 1.807) is 65.8 Å². The summed E-state index contributed by atoms with van der Waals surface area (Å²) >= 11 is 0. The zero-order valence-corrected chi connectivity index (χ0v) is 30.7. The normalized spacial score (nSPS) is 18.9. The molecule has 2 aliphatic rings. The van der Waals surface area contributed by atoms with Gasteiger partial charge in [-0.15, -0.1) is 0 Å². The van der Waals surface area contributed by atoms with Crippen molar-refractivity contribution in [2.24, 2.45) is 0 Å². The minimum atomic E-state index is -3.30. The first kappa shape index (κ1) is 41.3. The average Bonchev–Trinajstić information content (AvgIpc) is 3.59. The second kappa shape index (κ2) is 15.9. The van der Waals surface area contributed by atoms with Crippen LogP contribution in [0.3, 0.4) is 0 Å². The molecule has 54 heavy (non-hydrogen) atoms. The van der Waals surface area contributed by atoms with Crippen LogP contribution in [0.2, 0.25) is 0 Å². The Kier molecular flexibility index (Phi) is 12.1. The molecule has 0 bridgehead atoms. The highest BCUT2D eigenvalue weighted by molar-refractivity contribution is 6.01. The lowest BCUT2D eigenvalue weighted by molar-refractivity contribution is -0.126. The second-order valence-corrected chi connectivity index (χ2v) is 15.1. The lowest BCUT2D eigenvalue weighted by Gasteiger charge is -2.27. The van der Waals surface area contributed by atoms with E-state index in [2.05, 4.69) is 22.5 Å². The first-order chi connectivity index (χ1) is 24.9. The molecule has 12 nitrogen and oxygen atoms in total. The molecule has 2 aromatic rings. The van der Waals surface area contributed by atoms with Crippen molar-refractivity contribution in [2.45, 2.75) is 89.5 Å². The van der Waals surface area contributed by atoms with Crippen LogP contribution in [0.5, 0.6) is 0 Å². The number of hydrogen-bond acceptors (Lipinski definition) is 8. The van der Waals surface area contributed by atoms with Crippen molar-refractivity contribution in [3.8, 4) is 11.8 Å². The van der Waals surface area contributed by atoms with Crippen molar-refractivity contribution in [1.82, 2.24) is 20.4 Å². The Morgan fingerprint density at radius 2 is 0.944 bits per heavy atom. The first-order valence-corrected chi connectivity index (χ1v) is 17.0. The fourth-order valence-electron chi connectivity index (χ4n) is 5.53. The number of carbonyl (C=O) groups is 6. The van der Waals surface area contributed by atoms with Crippen LogP contribution in [-0.4, -0.2) is 107 Å². The molecule has 2 aromatic carbocycles. The van der Waals surface area contributed by atoms with Gasteiger partial charge in [0.25, 0.3) is 11.8 Å². The van der Waals surface area contributed by atoms with E-state index in [1.165, 1.54) is 24.3 Å². The Morgan fingerprint density at radius 3 is 1.24 bits per heavy atom. The van der Waals surface area contributed by atoms with Crippen molar-refractivity contribution >= 4 is 35.6 Å². The second-order valence-electron chi connectivity index (χ2n) is 15.1. The van der Waals surface area contributed by atoms with E-state index in [-0.39, 0.29) is 11.1 Å². The molecule has 16 heteroatoms. The van der Waals surface area contributed by atoms with Gasteiger partial charge in [0.1, 0.15) is 23.3 Å². The first-order valence-electron chi connectivity index (χ1n) is 17.0. The molecule has 2 atom stereocenters. The quantitative estimate of drug-likeness (QED) is 0.218. The summed E-state index contributed by atoms with van der Waals surface area (Å²) in [5.41, 5.74) is -0.435. The van der Waals surface area contributed by atoms with Crippen molar-refractivity contribution < 1.29 is 55.8 Å². The van der Waals surface area contributed by atoms with Crippen molar-refractivity contribution in [3.05, 3.63) is 70.8 Å². The van der Waals surface area contributed by atoms with E-state index in [9.17, 15) is 46.3 Å². The highest BCUT2D eigenvalue weighted by Gasteiger charge is 2.52. The third kappa shape index (κ3) is 11.5. The van der Waals surface area contributed by atoms with Gasteiger partial charge in [-0.1, -0.05) is 36.1 Å². The summed E-state index contributed by atoms with van der Waals surface area (Å²) in [6.07, 6.45) is -3.91. The van der Waals surface area contributed by atoms with Gasteiger partial charge in [-0.25, -0.2) is 27.2 Å². The molecule has 0 spiro atoms. The number of ketones is 2. The number of hydrogen-bond donors (Lipinski definition) is 2. The molecule has 290 valence electrons. The van der Waals surface area contributed by atoms with Crippen LogP contribution in [0.15, 0.2) is 48.5 Å². The Balaban J connectivity index is 1.28. The third-order valence-electron chi connectivity index (χ3n) is 8.01. The van der Waals surface area contributed by atoms with Crippen LogP contribution < -0.4 is 10.6 Å². The van der Waals surface area contributed by atoms with Crippen LogP contribution in [0.4, 0.5) is 27.2 Å². The maximum atomic E-state index is 14.1. The summed E-state index contributed by atoms with van der Waals surface area (Å²) in [6, 6.07) is 9.15. The van der Waals surface area contributed by atoms with E-state index in [1.807, 2.05) is 0 Å². The highest BCUT2D eigenvalue weighted by Crippen LogP contribution is 2.34. The number of Topliss-reactive ketones (excluding diaryl/α,β-unsaturated/α-hetero) is 2. The molecular formula is C38H42F4N4O8. The smallest absolute Gasteiger partial charge is 0.411 e. The maximum absolute atomic E-state index is 14.1. The minimum absolute atomic E-state index is 0.218. The van der Waals surface area contributed by atoms with Gasteiger partial charge in [-0.05, 0) is 65.8 Å². The maximum Gasteiger partial charge on any atom is 0.411 e. The number of halogens is 4. The van der Waals surface area contributed by atoms with Crippen LogP contribution in [0.25, 0.3) is 0 Å². The molecule has 2 saturated heterocycles. The summed E-state index contributed by atoms with van der Waals surface area (Å²) in [4.78, 5) is 77.2. The molecule has 2 aliphatic heterocycles. The summed E-state index contributed by atoms with van der Waals surface area (Å²) in [7, 11) is 0. The number of rotatable bonds is 8. The molecule has 2 heterocycles. The molecule has 1 unspecified atom stereocenters. The standard InChI is InChI=1S/C38H42F4N4O8/c1-35(2,3)53-33(51)45-21-37(39,40)17-27(45)31(49)43-19-29(47)25-13-9-23(10-14-25)7-8-24-11-15-26(16-12-24)30(48)20-44-32(50)28-18-38(41,42)22-46(28)34(52)54-36(4,5)6/h9-16,27-28H,17-22H2,1-6H3,(H,43,49)(H,44,50)/t27-,28?/m0/s1. The van der Waals surface area contributed by atoms with E-state index in [0.29, 0.717) is 20.9 Å². The van der Waals surface area contributed by atoms with Gasteiger partial charge in [-0.3, -0.25) is 29.0 Å². The number of likely N-dealkylation sites (tertiary alicyclic amines) is 2. The molecule has 0 radical (unpaired) electrons. The molecule has 4 rings (SSSR count). The van der Waals surface area contributed by atoms with E-state index >= 15 is 0 Å². The minimum Gasteiger partial charge on any atom is -0.444 e. The molecule has 2 N–H and O–H groups in total. The van der Waals surface area contributed by atoms with Gasteiger partial charge >= 0.3 is 12.2 Å². The number of nitrogens with one attached hydrogen (secondary N) is 2. The summed E-state index contributed by atoms with van der Waals surface area (Å²) in [5, 5.41) is 4.67. The zero-order chi connectivity index (χ0) is 40.2. The predicted octanol–water partition coefficient (Wildman–Crippen LogP) is 4.97. The molecule has 0 aliphatic carbocycles. The van der Waals surface area contributed by atoms with E-state index < -0.39 is 110 Å². The molecule has 0 aromatic heterocycles. The van der Waals surface area contributed by atoms with Crippen molar-refractivity contribution in [1.29, 1.82) is 0 Å². The number of amides is 4. The largest absolute Gasteiger partial charge is 0.444 e. The van der Waals surface area contributed by atoms with Crippen molar-refractivity contribution in [3.63, 3.8) is 0 Å². The van der Waals surface area contributed by atoms with Crippen LogP contribution in [0.1, 0.15) is 86.2 Å². The van der Waals surface area contributed by atoms with Gasteiger partial charge in [0.05, 0.1) is 26.2 Å². The van der Waals surface area contributed by atoms with Crippen LogP contribution >= 0.6 is 0 Å². The average molecular weight is 759 g/mol. The topological polar surface area (TPSA) is 151 Å². The van der Waals surface area contributed by atoms with E-state index in [4.69, 9.17) is 9.47 Å². The van der Waals surface area contributed by atoms with E-state index in [0.717, 1.165) is 0 Å². The van der Waals surface area contributed by atoms with Gasteiger partial charge in [0.15, 0.2) is 11.6 Å². The summed E-state index contributed by atoms with van der Waals surface area (Å²) < 4.78 is 66.9. The number of benzene rings is 2. The fourth-order valence-corrected chi connectivity index (χ4v) is 5.53. The number of nitrogens with zero attached hydrogens (tertiary/aromatic N) is 2. The number of carbonyl (C=O) groups excluding carboxylic acids is 6. The Morgan fingerprint density at radius 1 is 0.630 bits per heavy atom. The fraction of sp³-hybridized carbons (Fsp3) is 0.474. The lowest BCUT2D eigenvalue weighted by Crippen LogP contribution is -2.48. The van der Waals surface area contributed by atoms with Crippen LogP contribution in [0, 0.1) is 11.8 Å². The van der Waals surface area contributed by atoms with Gasteiger partial charge < -0.3 is 20.1 Å². The SMILES string of the molecule is CC(C)(C)OC(=O)N1CC(F)(F)CC1C(=O)NCC(=O)c1ccc(C#Cc2ccc(C(=O)CNC(=O)[C@@H]3CC(F)(F)CN3C(=O)OC(C)(C)C)cc2)cc1. The monoisotopic (exact) mass is 758 g/mol. The Labute approximate surface area is 309 Å². The van der Waals surface area contributed by atoms with Gasteiger partial charge in [0.2, 0.25) is 11.8 Å². The zero-order valence-electron chi connectivity index (χ0n) is 30.7. The Hall–Kier alpha value is -5.46. The lowest BCUT2D eigenvalue weighted by atomic mass is 10.1. The molecule has 0 saturated carbocycles. The van der Waals surface area contributed by atoms with Gasteiger partial charge in [-0.2, -0.15) is 0 Å². The predicted molar refractivity (Wildman–Crippen MR) is 186 cm³/mol. The Bertz CT molecular complexity index is 1710. The van der Waals surface area contributed by atoms with Crippen molar-refractivity contribution in [2.75, 3.05) is 26.2 Å². The summed E-state index contributed by atoms with van der Waals surface area (Å²) in [6.45, 7) is 6.45. The number of ether oxygens (including phenoxy) is 2. The number of alkyl halides is 4. The molecule has 4 amide bonds. The third-order valence-corrected chi connectivity index (χ3v) is 8.01. The van der Waals surface area contributed by atoms with Crippen LogP contribution in [-0.2, 0) is 19.1 Å². The highest BCUT2D eigenvalue weighted by atomic mass is 19.3.